The number of benzene rings is 2. The monoisotopic (exact) mass is 361 g/mol. The minimum atomic E-state index is -3.85. The van der Waals surface area contributed by atoms with E-state index in [0.29, 0.717) is 11.1 Å². The Morgan fingerprint density at radius 2 is 1.60 bits per heavy atom. The van der Waals surface area contributed by atoms with Crippen molar-refractivity contribution in [2.24, 2.45) is 0 Å². The minimum absolute atomic E-state index is 0.188. The van der Waals surface area contributed by atoms with Crippen LogP contribution in [-0.4, -0.2) is 21.0 Å². The molecule has 0 saturated heterocycles. The molecule has 2 aromatic carbocycles. The van der Waals surface area contributed by atoms with Crippen LogP contribution in [0.15, 0.2) is 35.2 Å². The van der Waals surface area contributed by atoms with Gasteiger partial charge in [0.15, 0.2) is 0 Å². The van der Waals surface area contributed by atoms with Crippen molar-refractivity contribution >= 4 is 21.7 Å². The van der Waals surface area contributed by atoms with E-state index in [2.05, 4.69) is 4.72 Å². The zero-order chi connectivity index (χ0) is 18.8. The number of carbonyl (C=O) groups is 1. The van der Waals surface area contributed by atoms with Crippen LogP contribution >= 0.6 is 0 Å². The highest BCUT2D eigenvalue weighted by molar-refractivity contribution is 7.92. The maximum absolute atomic E-state index is 13.0. The molecule has 0 aromatic heterocycles. The summed E-state index contributed by atoms with van der Waals surface area (Å²) in [5.74, 6) is -0.560. The van der Waals surface area contributed by atoms with E-state index in [-0.39, 0.29) is 22.8 Å². The number of ether oxygens (including phenoxy) is 1. The highest BCUT2D eigenvalue weighted by Crippen LogP contribution is 2.29. The Kier molecular flexibility index (Phi) is 5.52. The van der Waals surface area contributed by atoms with Gasteiger partial charge in [-0.2, -0.15) is 0 Å². The van der Waals surface area contributed by atoms with Gasteiger partial charge in [-0.3, -0.25) is 4.72 Å². The molecule has 0 spiro atoms. The molecule has 0 aliphatic heterocycles. The second-order valence-corrected chi connectivity index (χ2v) is 7.58. The minimum Gasteiger partial charge on any atom is -0.462 e. The van der Waals surface area contributed by atoms with Crippen LogP contribution in [0.4, 0.5) is 5.69 Å². The molecular formula is C19H23NO4S. The van der Waals surface area contributed by atoms with Gasteiger partial charge in [0.1, 0.15) is 0 Å². The van der Waals surface area contributed by atoms with Crippen molar-refractivity contribution in [2.75, 3.05) is 11.3 Å². The Morgan fingerprint density at radius 1 is 1.04 bits per heavy atom. The highest BCUT2D eigenvalue weighted by atomic mass is 32.2. The number of hydrogen-bond acceptors (Lipinski definition) is 4. The van der Waals surface area contributed by atoms with Gasteiger partial charge in [-0.1, -0.05) is 18.2 Å². The molecule has 25 heavy (non-hydrogen) atoms. The Balaban J connectivity index is 2.54. The molecular weight excluding hydrogens is 338 g/mol. The zero-order valence-corrected chi connectivity index (χ0v) is 16.0. The Labute approximate surface area is 149 Å². The topological polar surface area (TPSA) is 72.5 Å². The van der Waals surface area contributed by atoms with Crippen LogP contribution in [0.1, 0.15) is 39.5 Å². The summed E-state index contributed by atoms with van der Waals surface area (Å²) in [7, 11) is -3.85. The SMILES string of the molecule is CCOC(=O)c1ccccc1NS(=O)(=O)c1c(C)c(C)cc(C)c1C. The second kappa shape index (κ2) is 7.27. The number of carbonyl (C=O) groups excluding carboxylic acids is 1. The van der Waals surface area contributed by atoms with Crippen LogP contribution in [0, 0.1) is 27.7 Å². The summed E-state index contributed by atoms with van der Waals surface area (Å²) in [6, 6.07) is 8.39. The summed E-state index contributed by atoms with van der Waals surface area (Å²) < 4.78 is 33.6. The van der Waals surface area contributed by atoms with Crippen LogP contribution in [0.5, 0.6) is 0 Å². The normalized spacial score (nSPS) is 11.2. The van der Waals surface area contributed by atoms with E-state index in [4.69, 9.17) is 4.74 Å². The van der Waals surface area contributed by atoms with Gasteiger partial charge in [-0.15, -0.1) is 0 Å². The molecule has 134 valence electrons. The number of para-hydroxylation sites is 1. The maximum Gasteiger partial charge on any atom is 0.340 e. The summed E-state index contributed by atoms with van der Waals surface area (Å²) in [4.78, 5) is 12.3. The fourth-order valence-corrected chi connectivity index (χ4v) is 4.44. The molecule has 0 fully saturated rings. The van der Waals surface area contributed by atoms with Crippen LogP contribution in [0.25, 0.3) is 0 Å². The first-order valence-electron chi connectivity index (χ1n) is 8.05. The first-order valence-corrected chi connectivity index (χ1v) is 9.53. The van der Waals surface area contributed by atoms with Gasteiger partial charge in [0, 0.05) is 0 Å². The standard InChI is InChI=1S/C19H23NO4S/c1-6-24-19(21)16-9-7-8-10-17(16)20-25(22,23)18-14(4)12(2)11-13(3)15(18)5/h7-11,20H,6H2,1-5H3. The largest absolute Gasteiger partial charge is 0.462 e. The average Bonchev–Trinajstić information content (AvgIpc) is 2.53. The number of nitrogens with one attached hydrogen (secondary N) is 1. The van der Waals surface area contributed by atoms with Crippen LogP contribution in [0.3, 0.4) is 0 Å². The third-order valence-electron chi connectivity index (χ3n) is 4.23. The zero-order valence-electron chi connectivity index (χ0n) is 15.1. The lowest BCUT2D eigenvalue weighted by Crippen LogP contribution is -2.19. The van der Waals surface area contributed by atoms with Crippen molar-refractivity contribution in [3.63, 3.8) is 0 Å². The van der Waals surface area contributed by atoms with E-state index < -0.39 is 16.0 Å². The summed E-state index contributed by atoms with van der Waals surface area (Å²) in [6.45, 7) is 9.25. The molecule has 0 bridgehead atoms. The van der Waals surface area contributed by atoms with Crippen molar-refractivity contribution in [1.29, 1.82) is 0 Å². The van der Waals surface area contributed by atoms with Gasteiger partial charge in [0.2, 0.25) is 0 Å². The van der Waals surface area contributed by atoms with Gasteiger partial charge >= 0.3 is 5.97 Å². The van der Waals surface area contributed by atoms with Gasteiger partial charge in [-0.25, -0.2) is 13.2 Å². The van der Waals surface area contributed by atoms with Gasteiger partial charge in [-0.05, 0) is 69.0 Å². The molecule has 0 aliphatic carbocycles. The molecule has 6 heteroatoms. The Bertz CT molecular complexity index is 891. The Morgan fingerprint density at radius 3 is 2.16 bits per heavy atom. The van der Waals surface area contributed by atoms with E-state index in [1.54, 1.807) is 39.0 Å². The third-order valence-corrected chi connectivity index (χ3v) is 5.87. The molecule has 0 saturated carbocycles. The predicted octanol–water partition coefficient (Wildman–Crippen LogP) is 3.90. The lowest BCUT2D eigenvalue weighted by atomic mass is 10.0. The smallest absolute Gasteiger partial charge is 0.340 e. The van der Waals surface area contributed by atoms with E-state index in [9.17, 15) is 13.2 Å². The van der Waals surface area contributed by atoms with Crippen LogP contribution in [-0.2, 0) is 14.8 Å². The van der Waals surface area contributed by atoms with Crippen molar-refractivity contribution in [2.45, 2.75) is 39.5 Å². The number of rotatable bonds is 5. The van der Waals surface area contributed by atoms with Crippen molar-refractivity contribution in [1.82, 2.24) is 0 Å². The molecule has 0 heterocycles. The quantitative estimate of drug-likeness (QED) is 0.820. The summed E-state index contributed by atoms with van der Waals surface area (Å²) >= 11 is 0. The Hall–Kier alpha value is -2.34. The molecule has 0 amide bonds. The summed E-state index contributed by atoms with van der Waals surface area (Å²) in [5.41, 5.74) is 3.60. The van der Waals surface area contributed by atoms with Crippen molar-refractivity contribution < 1.29 is 17.9 Å². The van der Waals surface area contributed by atoms with Crippen molar-refractivity contribution in [3.8, 4) is 0 Å². The van der Waals surface area contributed by atoms with E-state index in [0.717, 1.165) is 11.1 Å². The van der Waals surface area contributed by atoms with E-state index >= 15 is 0 Å². The molecule has 2 rings (SSSR count). The predicted molar refractivity (Wildman–Crippen MR) is 98.6 cm³/mol. The van der Waals surface area contributed by atoms with E-state index in [1.807, 2.05) is 19.9 Å². The summed E-state index contributed by atoms with van der Waals surface area (Å²) in [6.07, 6.45) is 0. The number of anilines is 1. The molecule has 5 nitrogen and oxygen atoms in total. The van der Waals surface area contributed by atoms with Crippen LogP contribution < -0.4 is 4.72 Å². The third kappa shape index (κ3) is 3.85. The lowest BCUT2D eigenvalue weighted by molar-refractivity contribution is 0.0527. The molecule has 0 unspecified atom stereocenters. The first-order chi connectivity index (χ1) is 11.7. The number of hydrogen-bond donors (Lipinski definition) is 1. The number of aryl methyl sites for hydroxylation is 2. The number of esters is 1. The van der Waals surface area contributed by atoms with E-state index in [1.165, 1.54) is 6.07 Å². The average molecular weight is 361 g/mol. The maximum atomic E-state index is 13.0. The second-order valence-electron chi connectivity index (χ2n) is 5.96. The highest BCUT2D eigenvalue weighted by Gasteiger charge is 2.24. The molecule has 2 aromatic rings. The molecule has 0 radical (unpaired) electrons. The molecule has 0 aliphatic rings. The van der Waals surface area contributed by atoms with Gasteiger partial charge < -0.3 is 4.74 Å². The lowest BCUT2D eigenvalue weighted by Gasteiger charge is -2.17. The van der Waals surface area contributed by atoms with Crippen LogP contribution in [0.2, 0.25) is 0 Å². The van der Waals surface area contributed by atoms with Gasteiger partial charge in [0.25, 0.3) is 10.0 Å². The summed E-state index contributed by atoms with van der Waals surface area (Å²) in [5, 5.41) is 0. The molecule has 1 N–H and O–H groups in total. The first kappa shape index (κ1) is 19.0. The molecule has 0 atom stereocenters. The van der Waals surface area contributed by atoms with Gasteiger partial charge in [0.05, 0.1) is 22.8 Å². The fraction of sp³-hybridized carbons (Fsp3) is 0.316. The number of sulfonamides is 1. The fourth-order valence-electron chi connectivity index (χ4n) is 2.74. The van der Waals surface area contributed by atoms with Crippen molar-refractivity contribution in [3.05, 3.63) is 58.1 Å².